The highest BCUT2D eigenvalue weighted by atomic mass is 16.4. The Morgan fingerprint density at radius 1 is 1.36 bits per heavy atom. The molecular weight excluding hydrogens is 280 g/mol. The minimum atomic E-state index is -0.806. The van der Waals surface area contributed by atoms with E-state index in [1.165, 1.54) is 0 Å². The second-order valence-corrected chi connectivity index (χ2v) is 5.04. The maximum atomic E-state index is 11.9. The molecule has 0 fully saturated rings. The highest BCUT2D eigenvalue weighted by Crippen LogP contribution is 2.21. The standard InChI is InChI=1S/C17H20N2O3/c1-3-10-19-15-7-6-14(12-13(15)5-8-16(19)20)18(4-2)11-9-17(21)22/h3,5-8,12H,1,4,9-11H2,2H3,(H,21,22). The Balaban J connectivity index is 2.41. The first-order valence-electron chi connectivity index (χ1n) is 7.28. The van der Waals surface area contributed by atoms with E-state index in [-0.39, 0.29) is 12.0 Å². The fraction of sp³-hybridized carbons (Fsp3) is 0.294. The summed E-state index contributed by atoms with van der Waals surface area (Å²) in [5.41, 5.74) is 1.75. The zero-order valence-electron chi connectivity index (χ0n) is 12.7. The Morgan fingerprint density at radius 3 is 2.77 bits per heavy atom. The van der Waals surface area contributed by atoms with Crippen LogP contribution < -0.4 is 10.5 Å². The van der Waals surface area contributed by atoms with Crippen LogP contribution in [0, 0.1) is 0 Å². The van der Waals surface area contributed by atoms with Gasteiger partial charge in [-0.25, -0.2) is 0 Å². The molecule has 1 aromatic heterocycles. The Labute approximate surface area is 129 Å². The van der Waals surface area contributed by atoms with Crippen LogP contribution in [-0.4, -0.2) is 28.7 Å². The third-order valence-corrected chi connectivity index (χ3v) is 3.63. The van der Waals surface area contributed by atoms with Gasteiger partial charge < -0.3 is 14.6 Å². The van der Waals surface area contributed by atoms with Crippen LogP contribution in [0.2, 0.25) is 0 Å². The fourth-order valence-corrected chi connectivity index (χ4v) is 2.51. The number of benzene rings is 1. The summed E-state index contributed by atoms with van der Waals surface area (Å²) in [5.74, 6) is -0.806. The number of carbonyl (C=O) groups is 1. The van der Waals surface area contributed by atoms with E-state index in [0.717, 1.165) is 23.1 Å². The molecular formula is C17H20N2O3. The van der Waals surface area contributed by atoms with Gasteiger partial charge in [0, 0.05) is 36.8 Å². The third-order valence-electron chi connectivity index (χ3n) is 3.63. The van der Waals surface area contributed by atoms with Crippen LogP contribution >= 0.6 is 0 Å². The molecule has 1 heterocycles. The molecule has 0 spiro atoms. The van der Waals surface area contributed by atoms with Crippen LogP contribution in [0.5, 0.6) is 0 Å². The van der Waals surface area contributed by atoms with Crippen LogP contribution in [0.25, 0.3) is 10.9 Å². The summed E-state index contributed by atoms with van der Waals surface area (Å²) in [4.78, 5) is 24.7. The molecule has 0 aliphatic heterocycles. The number of allylic oxidation sites excluding steroid dienone is 1. The maximum absolute atomic E-state index is 11.9. The minimum absolute atomic E-state index is 0.0571. The van der Waals surface area contributed by atoms with Crippen molar-refractivity contribution in [3.8, 4) is 0 Å². The molecule has 0 amide bonds. The molecule has 0 radical (unpaired) electrons. The summed E-state index contributed by atoms with van der Waals surface area (Å²) in [7, 11) is 0. The number of hydrogen-bond donors (Lipinski definition) is 1. The topological polar surface area (TPSA) is 62.5 Å². The lowest BCUT2D eigenvalue weighted by atomic mass is 10.1. The predicted molar refractivity (Wildman–Crippen MR) is 88.5 cm³/mol. The van der Waals surface area contributed by atoms with Crippen LogP contribution in [0.15, 0.2) is 47.8 Å². The zero-order valence-corrected chi connectivity index (χ0v) is 12.7. The Hall–Kier alpha value is -2.56. The summed E-state index contributed by atoms with van der Waals surface area (Å²) in [5, 5.41) is 9.78. The van der Waals surface area contributed by atoms with Gasteiger partial charge in [-0.15, -0.1) is 6.58 Å². The number of carboxylic acids is 1. The largest absolute Gasteiger partial charge is 0.481 e. The molecule has 1 aromatic carbocycles. The van der Waals surface area contributed by atoms with Crippen molar-refractivity contribution in [3.63, 3.8) is 0 Å². The number of hydrogen-bond acceptors (Lipinski definition) is 3. The lowest BCUT2D eigenvalue weighted by Crippen LogP contribution is -2.26. The molecule has 0 saturated heterocycles. The van der Waals surface area contributed by atoms with E-state index in [0.29, 0.717) is 13.1 Å². The summed E-state index contributed by atoms with van der Waals surface area (Å²) in [6, 6.07) is 9.15. The average molecular weight is 300 g/mol. The fourth-order valence-electron chi connectivity index (χ4n) is 2.51. The van der Waals surface area contributed by atoms with E-state index >= 15 is 0 Å². The van der Waals surface area contributed by atoms with E-state index in [4.69, 9.17) is 5.11 Å². The number of aromatic nitrogens is 1. The second-order valence-electron chi connectivity index (χ2n) is 5.04. The van der Waals surface area contributed by atoms with Gasteiger partial charge in [0.05, 0.1) is 11.9 Å². The van der Waals surface area contributed by atoms with E-state index in [1.807, 2.05) is 30.0 Å². The van der Waals surface area contributed by atoms with Crippen molar-refractivity contribution in [2.24, 2.45) is 0 Å². The minimum Gasteiger partial charge on any atom is -0.481 e. The van der Waals surface area contributed by atoms with E-state index < -0.39 is 5.97 Å². The predicted octanol–water partition coefficient (Wildman–Crippen LogP) is 2.49. The third kappa shape index (κ3) is 3.36. The van der Waals surface area contributed by atoms with Gasteiger partial charge in [0.1, 0.15) is 0 Å². The van der Waals surface area contributed by atoms with Gasteiger partial charge in [0.25, 0.3) is 5.56 Å². The number of aliphatic carboxylic acids is 1. The first kappa shape index (κ1) is 15.8. The molecule has 22 heavy (non-hydrogen) atoms. The quantitative estimate of drug-likeness (QED) is 0.798. The first-order valence-corrected chi connectivity index (χ1v) is 7.28. The smallest absolute Gasteiger partial charge is 0.305 e. The Kier molecular flexibility index (Phi) is 4.99. The molecule has 0 unspecified atom stereocenters. The number of rotatable bonds is 7. The molecule has 0 atom stereocenters. The van der Waals surface area contributed by atoms with Gasteiger partial charge in [-0.3, -0.25) is 9.59 Å². The Morgan fingerprint density at radius 2 is 2.14 bits per heavy atom. The van der Waals surface area contributed by atoms with E-state index in [1.54, 1.807) is 22.8 Å². The van der Waals surface area contributed by atoms with Crippen LogP contribution in [-0.2, 0) is 11.3 Å². The van der Waals surface area contributed by atoms with Crippen molar-refractivity contribution in [2.75, 3.05) is 18.0 Å². The van der Waals surface area contributed by atoms with Crippen LogP contribution in [0.3, 0.4) is 0 Å². The number of nitrogens with zero attached hydrogens (tertiary/aromatic N) is 2. The van der Waals surface area contributed by atoms with Gasteiger partial charge in [0.15, 0.2) is 0 Å². The molecule has 2 rings (SSSR count). The number of anilines is 1. The molecule has 0 aliphatic rings. The molecule has 1 N–H and O–H groups in total. The highest BCUT2D eigenvalue weighted by molar-refractivity contribution is 5.83. The molecule has 0 aliphatic carbocycles. The van der Waals surface area contributed by atoms with E-state index in [9.17, 15) is 9.59 Å². The lowest BCUT2D eigenvalue weighted by Gasteiger charge is -2.23. The maximum Gasteiger partial charge on any atom is 0.305 e. The monoisotopic (exact) mass is 300 g/mol. The van der Waals surface area contributed by atoms with Gasteiger partial charge in [-0.2, -0.15) is 0 Å². The van der Waals surface area contributed by atoms with Crippen molar-refractivity contribution in [3.05, 3.63) is 53.3 Å². The van der Waals surface area contributed by atoms with E-state index in [2.05, 4.69) is 6.58 Å². The normalized spacial score (nSPS) is 10.6. The number of pyridine rings is 1. The molecule has 0 saturated carbocycles. The second kappa shape index (κ2) is 6.93. The average Bonchev–Trinajstić information content (AvgIpc) is 2.50. The van der Waals surface area contributed by atoms with Crippen molar-refractivity contribution < 1.29 is 9.90 Å². The Bertz CT molecular complexity index is 749. The van der Waals surface area contributed by atoms with Gasteiger partial charge in [-0.05, 0) is 31.2 Å². The molecule has 2 aromatic rings. The number of carboxylic acid groups (broad SMARTS) is 1. The van der Waals surface area contributed by atoms with Crippen molar-refractivity contribution >= 4 is 22.6 Å². The van der Waals surface area contributed by atoms with Crippen molar-refractivity contribution in [1.29, 1.82) is 0 Å². The zero-order chi connectivity index (χ0) is 16.1. The summed E-state index contributed by atoms with van der Waals surface area (Å²) in [6.07, 6.45) is 1.79. The van der Waals surface area contributed by atoms with Crippen LogP contribution in [0.4, 0.5) is 5.69 Å². The van der Waals surface area contributed by atoms with Gasteiger partial charge in [0.2, 0.25) is 0 Å². The summed E-state index contributed by atoms with van der Waals surface area (Å²) < 4.78 is 1.67. The SMILES string of the molecule is C=CCn1c(=O)ccc2cc(N(CC)CCC(=O)O)ccc21. The first-order chi connectivity index (χ1) is 10.6. The molecule has 116 valence electrons. The summed E-state index contributed by atoms with van der Waals surface area (Å²) >= 11 is 0. The van der Waals surface area contributed by atoms with Gasteiger partial charge >= 0.3 is 5.97 Å². The number of fused-ring (bicyclic) bond motifs is 1. The molecule has 5 nitrogen and oxygen atoms in total. The van der Waals surface area contributed by atoms with Crippen molar-refractivity contribution in [1.82, 2.24) is 4.57 Å². The van der Waals surface area contributed by atoms with Crippen LogP contribution in [0.1, 0.15) is 13.3 Å². The van der Waals surface area contributed by atoms with Crippen molar-refractivity contribution in [2.45, 2.75) is 19.9 Å². The molecule has 5 heteroatoms. The van der Waals surface area contributed by atoms with Gasteiger partial charge in [-0.1, -0.05) is 6.08 Å². The lowest BCUT2D eigenvalue weighted by molar-refractivity contribution is -0.136. The molecule has 0 bridgehead atoms. The highest BCUT2D eigenvalue weighted by Gasteiger charge is 2.09. The summed E-state index contributed by atoms with van der Waals surface area (Å²) in [6.45, 7) is 7.32.